The molecule has 1 aliphatic carbocycles. The molecule has 0 atom stereocenters. The van der Waals surface area contributed by atoms with Crippen LogP contribution in [0.1, 0.15) is 39.0 Å². The second kappa shape index (κ2) is 5.22. The van der Waals surface area contributed by atoms with Crippen LogP contribution in [0.2, 0.25) is 0 Å². The lowest BCUT2D eigenvalue weighted by molar-refractivity contribution is -0.121. The zero-order valence-corrected chi connectivity index (χ0v) is 8.38. The van der Waals surface area contributed by atoms with Gasteiger partial charge in [-0.05, 0) is 38.1 Å². The van der Waals surface area contributed by atoms with Crippen LogP contribution >= 0.6 is 0 Å². The van der Waals surface area contributed by atoms with E-state index in [-0.39, 0.29) is 5.91 Å². The van der Waals surface area contributed by atoms with Gasteiger partial charge in [-0.15, -0.1) is 0 Å². The van der Waals surface area contributed by atoms with Gasteiger partial charge in [-0.2, -0.15) is 0 Å². The van der Waals surface area contributed by atoms with E-state index in [0.29, 0.717) is 18.4 Å². The van der Waals surface area contributed by atoms with E-state index in [4.69, 9.17) is 5.73 Å². The molecule has 1 aliphatic rings. The molecular formula is C10H20N2O. The Morgan fingerprint density at radius 3 is 2.46 bits per heavy atom. The summed E-state index contributed by atoms with van der Waals surface area (Å²) in [6.07, 6.45) is 5.15. The first-order valence-electron chi connectivity index (χ1n) is 5.25. The van der Waals surface area contributed by atoms with Crippen molar-refractivity contribution in [2.24, 2.45) is 11.7 Å². The average molecular weight is 184 g/mol. The fourth-order valence-electron chi connectivity index (χ4n) is 1.87. The van der Waals surface area contributed by atoms with Gasteiger partial charge >= 0.3 is 0 Å². The summed E-state index contributed by atoms with van der Waals surface area (Å²) in [4.78, 5) is 11.1. The molecule has 0 aromatic carbocycles. The summed E-state index contributed by atoms with van der Waals surface area (Å²) in [5.41, 5.74) is 5.59. The van der Waals surface area contributed by atoms with E-state index in [9.17, 15) is 4.79 Å². The third kappa shape index (κ3) is 3.35. The molecule has 0 radical (unpaired) electrons. The maximum Gasteiger partial charge on any atom is 0.219 e. The zero-order chi connectivity index (χ0) is 9.68. The molecular weight excluding hydrogens is 164 g/mol. The summed E-state index contributed by atoms with van der Waals surface area (Å²) in [7, 11) is 0. The van der Waals surface area contributed by atoms with Crippen molar-refractivity contribution >= 4 is 5.91 Å². The summed E-state index contributed by atoms with van der Waals surface area (Å²) in [6, 6.07) is 0.412. The molecule has 0 aromatic rings. The van der Waals surface area contributed by atoms with Gasteiger partial charge in [-0.1, -0.05) is 6.92 Å². The number of nitrogens with one attached hydrogen (secondary N) is 1. The highest BCUT2D eigenvalue weighted by Crippen LogP contribution is 2.23. The number of rotatable bonds is 3. The van der Waals surface area contributed by atoms with E-state index in [1.54, 1.807) is 0 Å². The lowest BCUT2D eigenvalue weighted by Gasteiger charge is -2.28. The number of hydrogen-bond acceptors (Lipinski definition) is 2. The van der Waals surface area contributed by atoms with Gasteiger partial charge in [0.05, 0.1) is 0 Å². The highest BCUT2D eigenvalue weighted by molar-refractivity contribution is 5.75. The van der Waals surface area contributed by atoms with Gasteiger partial charge in [-0.3, -0.25) is 4.79 Å². The minimum Gasteiger partial charge on any atom is -0.353 e. The van der Waals surface area contributed by atoms with Crippen LogP contribution in [-0.2, 0) is 4.79 Å². The van der Waals surface area contributed by atoms with Crippen molar-refractivity contribution in [2.75, 3.05) is 6.54 Å². The van der Waals surface area contributed by atoms with Gasteiger partial charge in [0.1, 0.15) is 0 Å². The van der Waals surface area contributed by atoms with Crippen LogP contribution in [0.4, 0.5) is 0 Å². The summed E-state index contributed by atoms with van der Waals surface area (Å²) in [6.45, 7) is 2.69. The predicted octanol–water partition coefficient (Wildman–Crippen LogP) is 1.03. The Hall–Kier alpha value is -0.570. The van der Waals surface area contributed by atoms with Crippen molar-refractivity contribution in [3.05, 3.63) is 0 Å². The molecule has 1 fully saturated rings. The second-order valence-corrected chi connectivity index (χ2v) is 3.87. The Kier molecular flexibility index (Phi) is 4.22. The molecule has 13 heavy (non-hydrogen) atoms. The molecule has 0 aromatic heterocycles. The molecule has 0 heterocycles. The van der Waals surface area contributed by atoms with Gasteiger partial charge in [-0.25, -0.2) is 0 Å². The van der Waals surface area contributed by atoms with Crippen LogP contribution in [0, 0.1) is 5.92 Å². The molecule has 3 N–H and O–H groups in total. The van der Waals surface area contributed by atoms with E-state index >= 15 is 0 Å². The first-order chi connectivity index (χ1) is 6.26. The van der Waals surface area contributed by atoms with Gasteiger partial charge in [0.25, 0.3) is 0 Å². The van der Waals surface area contributed by atoms with E-state index < -0.39 is 0 Å². The predicted molar refractivity (Wildman–Crippen MR) is 53.2 cm³/mol. The van der Waals surface area contributed by atoms with Gasteiger partial charge in [0, 0.05) is 12.5 Å². The molecule has 3 heteroatoms. The van der Waals surface area contributed by atoms with Crippen LogP contribution < -0.4 is 11.1 Å². The van der Waals surface area contributed by atoms with Crippen molar-refractivity contribution < 1.29 is 4.79 Å². The first-order valence-corrected chi connectivity index (χ1v) is 5.25. The van der Waals surface area contributed by atoms with Crippen molar-refractivity contribution in [1.82, 2.24) is 5.32 Å². The molecule has 0 saturated heterocycles. The van der Waals surface area contributed by atoms with Crippen LogP contribution in [0.15, 0.2) is 0 Å². The van der Waals surface area contributed by atoms with E-state index in [2.05, 4.69) is 5.32 Å². The van der Waals surface area contributed by atoms with Crippen LogP contribution in [-0.4, -0.2) is 18.5 Å². The number of carbonyl (C=O) groups is 1. The standard InChI is InChI=1S/C10H20N2O/c1-2-10(13)12-9-5-3-8(7-11)4-6-9/h8-9H,2-7,11H2,1H3,(H,12,13). The third-order valence-corrected chi connectivity index (χ3v) is 2.87. The quantitative estimate of drug-likeness (QED) is 0.688. The highest BCUT2D eigenvalue weighted by atomic mass is 16.1. The monoisotopic (exact) mass is 184 g/mol. The third-order valence-electron chi connectivity index (χ3n) is 2.87. The first kappa shape index (κ1) is 10.5. The second-order valence-electron chi connectivity index (χ2n) is 3.87. The lowest BCUT2D eigenvalue weighted by Crippen LogP contribution is -2.38. The van der Waals surface area contributed by atoms with Crippen LogP contribution in [0.3, 0.4) is 0 Å². The molecule has 0 bridgehead atoms. The topological polar surface area (TPSA) is 55.1 Å². The van der Waals surface area contributed by atoms with Gasteiger partial charge < -0.3 is 11.1 Å². The van der Waals surface area contributed by atoms with Crippen molar-refractivity contribution in [3.8, 4) is 0 Å². The minimum atomic E-state index is 0.177. The lowest BCUT2D eigenvalue weighted by atomic mass is 9.86. The largest absolute Gasteiger partial charge is 0.353 e. The van der Waals surface area contributed by atoms with E-state index in [1.807, 2.05) is 6.92 Å². The zero-order valence-electron chi connectivity index (χ0n) is 8.38. The summed E-state index contributed by atoms with van der Waals surface area (Å²) >= 11 is 0. The Labute approximate surface area is 80.1 Å². The average Bonchev–Trinajstić information content (AvgIpc) is 2.19. The number of hydrogen-bond donors (Lipinski definition) is 2. The van der Waals surface area contributed by atoms with Crippen molar-refractivity contribution in [1.29, 1.82) is 0 Å². The Balaban J connectivity index is 2.21. The molecule has 3 nitrogen and oxygen atoms in total. The summed E-state index contributed by atoms with van der Waals surface area (Å²) in [5, 5.41) is 3.03. The highest BCUT2D eigenvalue weighted by Gasteiger charge is 2.20. The SMILES string of the molecule is CCC(=O)NC1CCC(CN)CC1. The summed E-state index contributed by atoms with van der Waals surface area (Å²) < 4.78 is 0. The van der Waals surface area contributed by atoms with E-state index in [1.165, 1.54) is 12.8 Å². The normalized spacial score (nSPS) is 28.5. The maximum absolute atomic E-state index is 11.1. The van der Waals surface area contributed by atoms with Gasteiger partial charge in [0.2, 0.25) is 5.91 Å². The number of carbonyl (C=O) groups excluding carboxylic acids is 1. The van der Waals surface area contributed by atoms with Crippen LogP contribution in [0.5, 0.6) is 0 Å². The van der Waals surface area contributed by atoms with Crippen molar-refractivity contribution in [3.63, 3.8) is 0 Å². The van der Waals surface area contributed by atoms with E-state index in [0.717, 1.165) is 19.4 Å². The summed E-state index contributed by atoms with van der Waals surface area (Å²) in [5.74, 6) is 0.867. The Bertz CT molecular complexity index is 162. The smallest absolute Gasteiger partial charge is 0.219 e. The van der Waals surface area contributed by atoms with Crippen LogP contribution in [0.25, 0.3) is 0 Å². The molecule has 1 amide bonds. The molecule has 0 unspecified atom stereocenters. The van der Waals surface area contributed by atoms with Gasteiger partial charge in [0.15, 0.2) is 0 Å². The fourth-order valence-corrected chi connectivity index (χ4v) is 1.87. The maximum atomic E-state index is 11.1. The number of amides is 1. The Morgan fingerprint density at radius 2 is 2.00 bits per heavy atom. The minimum absolute atomic E-state index is 0.177. The Morgan fingerprint density at radius 1 is 1.38 bits per heavy atom. The van der Waals surface area contributed by atoms with Crippen molar-refractivity contribution in [2.45, 2.75) is 45.1 Å². The molecule has 0 aliphatic heterocycles. The molecule has 0 spiro atoms. The number of nitrogens with two attached hydrogens (primary N) is 1. The molecule has 76 valence electrons. The molecule has 1 saturated carbocycles. The fraction of sp³-hybridized carbons (Fsp3) is 0.900. The molecule has 1 rings (SSSR count).